The third-order valence-electron chi connectivity index (χ3n) is 17.5. The summed E-state index contributed by atoms with van der Waals surface area (Å²) in [6.07, 6.45) is 23.5. The first kappa shape index (κ1) is 63.1. The standard InChI is InChI=1S/C75H83N3O5S4/c1-7-11-15-19-27-49-40-66(84-64(49)44-54(46-76)74(83)77(47-69(79)80)48-70(81)82)71-52(29-21-17-13-9-3)42-68(86-71)73-53(30-22-18-14-10-4)43-67(87-73)72-51(28-20-16-12-8-2)41-65(85-72)50-35-38-63-59(39-50)58-32-24-26-34-62(58)78(63)55-36-37-57-56-31-23-25-33-60(56)75(5,6)61(57)45-55/h23-26,31-45H,7-22,27-30,47-48H2,1-6H3,(H,79,80)(H,81,82). The lowest BCUT2D eigenvalue weighted by atomic mass is 9.82. The summed E-state index contributed by atoms with van der Waals surface area (Å²) in [6, 6.07) is 43.8. The van der Waals surface area contributed by atoms with E-state index in [4.69, 9.17) is 0 Å². The van der Waals surface area contributed by atoms with E-state index in [1.54, 1.807) is 17.4 Å². The van der Waals surface area contributed by atoms with Gasteiger partial charge in [0.05, 0.1) is 11.0 Å². The van der Waals surface area contributed by atoms with E-state index < -0.39 is 30.9 Å². The van der Waals surface area contributed by atoms with Gasteiger partial charge in [0.25, 0.3) is 5.91 Å². The van der Waals surface area contributed by atoms with Gasteiger partial charge in [-0.05, 0) is 162 Å². The Morgan fingerprint density at radius 1 is 0.517 bits per heavy atom. The van der Waals surface area contributed by atoms with Crippen molar-refractivity contribution in [2.75, 3.05) is 13.1 Å². The molecule has 5 aromatic heterocycles. The molecule has 12 heteroatoms. The summed E-state index contributed by atoms with van der Waals surface area (Å²) in [4.78, 5) is 47.7. The molecule has 0 atom stereocenters. The third kappa shape index (κ3) is 14.0. The number of carboxylic acid groups (broad SMARTS) is 2. The molecule has 0 aliphatic heterocycles. The highest BCUT2D eigenvalue weighted by Gasteiger charge is 2.36. The highest BCUT2D eigenvalue weighted by Crippen LogP contribution is 2.52. The second-order valence-corrected chi connectivity index (χ2v) is 28.5. The molecule has 9 aromatic rings. The van der Waals surface area contributed by atoms with Gasteiger partial charge in [0.15, 0.2) is 0 Å². The molecule has 0 bridgehead atoms. The van der Waals surface area contributed by atoms with Crippen LogP contribution in [-0.2, 0) is 45.5 Å². The van der Waals surface area contributed by atoms with E-state index >= 15 is 0 Å². The molecule has 2 N–H and O–H groups in total. The number of hydrogen-bond acceptors (Lipinski definition) is 8. The highest BCUT2D eigenvalue weighted by molar-refractivity contribution is 7.29. The number of hydrogen-bond donors (Lipinski definition) is 2. The molecule has 8 nitrogen and oxygen atoms in total. The molecule has 87 heavy (non-hydrogen) atoms. The molecule has 5 heterocycles. The zero-order chi connectivity index (χ0) is 61.2. The highest BCUT2D eigenvalue weighted by atomic mass is 32.1. The number of unbranched alkanes of at least 4 members (excludes halogenated alkanes) is 12. The van der Waals surface area contributed by atoms with E-state index in [0.29, 0.717) is 4.90 Å². The van der Waals surface area contributed by atoms with Crippen molar-refractivity contribution >= 4 is 91.1 Å². The number of rotatable bonds is 31. The van der Waals surface area contributed by atoms with Crippen LogP contribution in [0.2, 0.25) is 0 Å². The monoisotopic (exact) mass is 1230 g/mol. The van der Waals surface area contributed by atoms with Crippen molar-refractivity contribution < 1.29 is 24.6 Å². The number of fused-ring (bicyclic) bond motifs is 6. The second-order valence-electron chi connectivity index (χ2n) is 24.2. The molecular weight excluding hydrogens is 1150 g/mol. The Labute approximate surface area is 530 Å². The maximum Gasteiger partial charge on any atom is 0.323 e. The fourth-order valence-corrected chi connectivity index (χ4v) is 18.1. The summed E-state index contributed by atoms with van der Waals surface area (Å²) in [5, 5.41) is 32.1. The summed E-state index contributed by atoms with van der Waals surface area (Å²) in [5.41, 5.74) is 15.1. The number of aromatic nitrogens is 1. The summed E-state index contributed by atoms with van der Waals surface area (Å²) in [7, 11) is 0. The Bertz CT molecular complexity index is 3990. The van der Waals surface area contributed by atoms with Crippen molar-refractivity contribution in [2.24, 2.45) is 0 Å². The van der Waals surface area contributed by atoms with Crippen molar-refractivity contribution in [3.63, 3.8) is 0 Å². The van der Waals surface area contributed by atoms with E-state index in [9.17, 15) is 29.9 Å². The predicted octanol–water partition coefficient (Wildman–Crippen LogP) is 21.4. The lowest BCUT2D eigenvalue weighted by Crippen LogP contribution is -2.40. The van der Waals surface area contributed by atoms with Gasteiger partial charge in [-0.1, -0.05) is 173 Å². The van der Waals surface area contributed by atoms with E-state index in [0.717, 1.165) is 98.8 Å². The van der Waals surface area contributed by atoms with Gasteiger partial charge in [-0.25, -0.2) is 0 Å². The van der Waals surface area contributed by atoms with Crippen LogP contribution in [0.25, 0.3) is 84.4 Å². The first-order valence-electron chi connectivity index (χ1n) is 31.9. The minimum Gasteiger partial charge on any atom is -0.480 e. The van der Waals surface area contributed by atoms with Gasteiger partial charge < -0.3 is 19.7 Å². The van der Waals surface area contributed by atoms with Gasteiger partial charge in [-0.2, -0.15) is 5.26 Å². The normalized spacial score (nSPS) is 12.7. The largest absolute Gasteiger partial charge is 0.480 e. The van der Waals surface area contributed by atoms with Crippen LogP contribution in [0.15, 0.2) is 115 Å². The molecule has 0 fully saturated rings. The van der Waals surface area contributed by atoms with Gasteiger partial charge in [0, 0.05) is 60.9 Å². The zero-order valence-corrected chi connectivity index (χ0v) is 54.9. The maximum atomic E-state index is 13.8. The molecule has 10 rings (SSSR count). The van der Waals surface area contributed by atoms with E-state index in [2.05, 4.69) is 155 Å². The number of carboxylic acids is 2. The summed E-state index contributed by atoms with van der Waals surface area (Å²) >= 11 is 7.33. The van der Waals surface area contributed by atoms with Gasteiger partial charge in [0.1, 0.15) is 24.7 Å². The number of benzene rings is 4. The molecule has 1 amide bonds. The smallest absolute Gasteiger partial charge is 0.323 e. The number of carbonyl (C=O) groups is 3. The van der Waals surface area contributed by atoms with E-state index in [1.807, 2.05) is 40.1 Å². The van der Waals surface area contributed by atoms with Crippen molar-refractivity contribution in [3.8, 4) is 62.6 Å². The van der Waals surface area contributed by atoms with Crippen molar-refractivity contribution in [1.29, 1.82) is 5.26 Å². The number of thiophene rings is 4. The van der Waals surface area contributed by atoms with Crippen LogP contribution < -0.4 is 0 Å². The Kier molecular flexibility index (Phi) is 21.0. The number of aliphatic carboxylic acids is 2. The Morgan fingerprint density at radius 3 is 1.56 bits per heavy atom. The van der Waals surface area contributed by atoms with E-state index in [-0.39, 0.29) is 11.0 Å². The number of para-hydroxylation sites is 1. The molecule has 1 aliphatic carbocycles. The average molecular weight is 1230 g/mol. The molecule has 0 saturated heterocycles. The van der Waals surface area contributed by atoms with Gasteiger partial charge in [-0.15, -0.1) is 45.3 Å². The zero-order valence-electron chi connectivity index (χ0n) is 51.6. The van der Waals surface area contributed by atoms with Crippen LogP contribution in [-0.4, -0.2) is 50.6 Å². The average Bonchev–Trinajstić information content (AvgIpc) is 1.67. The fraction of sp³-hybridized carbons (Fsp3) is 0.387. The SMILES string of the molecule is CCCCCCc1cc(-c2sc(-c3sc(-c4sc(-c5ccc6c(c5)c5ccccc5n6-c5ccc6c(c5)C(C)(C)c5ccccc5-6)cc4CCCCCC)cc3CCCCCC)cc2CCCCCC)sc1C=C(C#N)C(=O)N(CC(=O)O)CC(=O)O. The van der Waals surface area contributed by atoms with Crippen LogP contribution in [0.3, 0.4) is 0 Å². The quantitative estimate of drug-likeness (QED) is 0.0253. The molecule has 0 saturated carbocycles. The first-order chi connectivity index (χ1) is 42.3. The molecule has 0 unspecified atom stereocenters. The van der Waals surface area contributed by atoms with Crippen LogP contribution in [0.4, 0.5) is 0 Å². The number of carbonyl (C=O) groups excluding carboxylic acids is 1. The molecule has 0 radical (unpaired) electrons. The second kappa shape index (κ2) is 29.0. The van der Waals surface area contributed by atoms with Crippen LogP contribution in [0.1, 0.15) is 183 Å². The molecule has 0 spiro atoms. The van der Waals surface area contributed by atoms with E-state index in [1.165, 1.54) is 146 Å². The Morgan fingerprint density at radius 2 is 1.00 bits per heavy atom. The van der Waals surface area contributed by atoms with Crippen LogP contribution >= 0.6 is 45.3 Å². The molecule has 1 aliphatic rings. The molecule has 4 aromatic carbocycles. The van der Waals surface area contributed by atoms with Crippen molar-refractivity contribution in [3.05, 3.63) is 153 Å². The van der Waals surface area contributed by atoms with Gasteiger partial charge in [0.2, 0.25) is 0 Å². The number of nitriles is 1. The lowest BCUT2D eigenvalue weighted by molar-refractivity contribution is -0.147. The van der Waals surface area contributed by atoms with Crippen LogP contribution in [0, 0.1) is 11.3 Å². The summed E-state index contributed by atoms with van der Waals surface area (Å²) < 4.78 is 2.47. The number of aryl methyl sites for hydroxylation is 4. The summed E-state index contributed by atoms with van der Waals surface area (Å²) in [6.45, 7) is 12.1. The topological polar surface area (TPSA) is 124 Å². The number of amides is 1. The van der Waals surface area contributed by atoms with Crippen LogP contribution in [0.5, 0.6) is 0 Å². The lowest BCUT2D eigenvalue weighted by Gasteiger charge is -2.22. The number of nitrogens with zero attached hydrogens (tertiary/aromatic N) is 3. The summed E-state index contributed by atoms with van der Waals surface area (Å²) in [5.74, 6) is -3.60. The third-order valence-corrected chi connectivity index (χ3v) is 22.7. The maximum absolute atomic E-state index is 13.8. The first-order valence-corrected chi connectivity index (χ1v) is 35.2. The molecular formula is C75H83N3O5S4. The van der Waals surface area contributed by atoms with Gasteiger partial charge in [-0.3, -0.25) is 14.4 Å². The Hall–Kier alpha value is -6.88. The molecule has 452 valence electrons. The fourth-order valence-electron chi connectivity index (χ4n) is 12.9. The minimum absolute atomic E-state index is 0.103. The van der Waals surface area contributed by atoms with Crippen molar-refractivity contribution in [2.45, 2.75) is 175 Å². The minimum atomic E-state index is -1.35. The van der Waals surface area contributed by atoms with Gasteiger partial charge >= 0.3 is 11.9 Å². The van der Waals surface area contributed by atoms with Crippen molar-refractivity contribution in [1.82, 2.24) is 9.47 Å². The predicted molar refractivity (Wildman–Crippen MR) is 368 cm³/mol. The Balaban J connectivity index is 1.06.